The van der Waals surface area contributed by atoms with E-state index in [1.54, 1.807) is 0 Å². The highest BCUT2D eigenvalue weighted by Gasteiger charge is 2.08. The van der Waals surface area contributed by atoms with Crippen LogP contribution in [0, 0.1) is 0 Å². The van der Waals surface area contributed by atoms with E-state index in [-0.39, 0.29) is 0 Å². The van der Waals surface area contributed by atoms with Gasteiger partial charge in [-0.25, -0.2) is 0 Å². The molecule has 0 aliphatic rings. The lowest BCUT2D eigenvalue weighted by molar-refractivity contribution is 0.450. The summed E-state index contributed by atoms with van der Waals surface area (Å²) < 4.78 is 4.08. The van der Waals surface area contributed by atoms with Crippen LogP contribution in [0.5, 0.6) is 0 Å². The Balaban J connectivity index is 1.88. The van der Waals surface area contributed by atoms with E-state index in [1.165, 1.54) is 5.69 Å². The van der Waals surface area contributed by atoms with Crippen LogP contribution in [-0.2, 0) is 13.1 Å². The monoisotopic (exact) mass is 275 g/mol. The molecule has 0 amide bonds. The molecule has 1 atom stereocenters. The van der Waals surface area contributed by atoms with E-state index in [2.05, 4.69) is 60.0 Å². The van der Waals surface area contributed by atoms with Gasteiger partial charge in [0, 0.05) is 37.6 Å². The summed E-state index contributed by atoms with van der Waals surface area (Å²) in [7, 11) is 0. The maximum absolute atomic E-state index is 4.53. The van der Waals surface area contributed by atoms with E-state index >= 15 is 0 Å². The van der Waals surface area contributed by atoms with Crippen molar-refractivity contribution < 1.29 is 0 Å². The fourth-order valence-corrected chi connectivity index (χ4v) is 2.13. The zero-order chi connectivity index (χ0) is 14.5. The highest BCUT2D eigenvalue weighted by Crippen LogP contribution is 2.12. The van der Waals surface area contributed by atoms with Gasteiger partial charge in [0.1, 0.15) is 0 Å². The molecule has 2 heterocycles. The summed E-state index contributed by atoms with van der Waals surface area (Å²) in [6.07, 6.45) is 5.00. The van der Waals surface area contributed by atoms with Crippen LogP contribution >= 0.6 is 0 Å². The van der Waals surface area contributed by atoms with E-state index in [0.29, 0.717) is 12.1 Å². The Bertz CT molecular complexity index is 526. The van der Waals surface area contributed by atoms with Crippen LogP contribution in [0.4, 0.5) is 0 Å². The Morgan fingerprint density at radius 2 is 2.00 bits per heavy atom. The van der Waals surface area contributed by atoms with Gasteiger partial charge in [0.05, 0.1) is 11.4 Å². The molecule has 0 spiro atoms. The summed E-state index contributed by atoms with van der Waals surface area (Å²) >= 11 is 0. The zero-order valence-corrected chi connectivity index (χ0v) is 12.9. The molecule has 1 N–H and O–H groups in total. The second-order valence-electron chi connectivity index (χ2n) is 5.51. The molecule has 2 aromatic rings. The SMILES string of the molecule is CCC(C)n1nccc1CNCc1ccn(C(C)C)n1. The van der Waals surface area contributed by atoms with Gasteiger partial charge in [-0.3, -0.25) is 9.36 Å². The minimum atomic E-state index is 0.413. The van der Waals surface area contributed by atoms with Gasteiger partial charge in [-0.1, -0.05) is 6.92 Å². The Hall–Kier alpha value is -1.62. The normalized spacial score (nSPS) is 13.1. The van der Waals surface area contributed by atoms with Crippen LogP contribution in [0.1, 0.15) is 57.6 Å². The van der Waals surface area contributed by atoms with Crippen molar-refractivity contribution in [2.45, 2.75) is 59.3 Å². The number of hydrogen-bond acceptors (Lipinski definition) is 3. The quantitative estimate of drug-likeness (QED) is 0.845. The highest BCUT2D eigenvalue weighted by molar-refractivity contribution is 5.03. The molecule has 5 nitrogen and oxygen atoms in total. The predicted molar refractivity (Wildman–Crippen MR) is 80.4 cm³/mol. The van der Waals surface area contributed by atoms with E-state index in [1.807, 2.05) is 17.1 Å². The fraction of sp³-hybridized carbons (Fsp3) is 0.600. The highest BCUT2D eigenvalue weighted by atomic mass is 15.3. The van der Waals surface area contributed by atoms with Gasteiger partial charge < -0.3 is 5.32 Å². The average Bonchev–Trinajstić information content (AvgIpc) is 3.07. The summed E-state index contributed by atoms with van der Waals surface area (Å²) in [5.41, 5.74) is 2.30. The number of aromatic nitrogens is 4. The molecule has 0 saturated carbocycles. The van der Waals surface area contributed by atoms with Gasteiger partial charge in [0.2, 0.25) is 0 Å². The Morgan fingerprint density at radius 3 is 2.65 bits per heavy atom. The van der Waals surface area contributed by atoms with E-state index < -0.39 is 0 Å². The molecule has 0 aliphatic heterocycles. The molecule has 2 rings (SSSR count). The van der Waals surface area contributed by atoms with Crippen molar-refractivity contribution in [1.29, 1.82) is 0 Å². The summed E-state index contributed by atoms with van der Waals surface area (Å²) in [4.78, 5) is 0. The lowest BCUT2D eigenvalue weighted by Crippen LogP contribution is -2.18. The maximum atomic E-state index is 4.53. The maximum Gasteiger partial charge on any atom is 0.0762 e. The van der Waals surface area contributed by atoms with Crippen molar-refractivity contribution in [3.63, 3.8) is 0 Å². The lowest BCUT2D eigenvalue weighted by atomic mass is 10.2. The summed E-state index contributed by atoms with van der Waals surface area (Å²) in [5, 5.41) is 12.4. The first kappa shape index (κ1) is 14.8. The van der Waals surface area contributed by atoms with E-state index in [0.717, 1.165) is 25.2 Å². The molecule has 0 radical (unpaired) electrons. The van der Waals surface area contributed by atoms with Crippen molar-refractivity contribution in [2.75, 3.05) is 0 Å². The molecule has 5 heteroatoms. The summed E-state index contributed by atoms with van der Waals surface area (Å²) in [6, 6.07) is 5.00. The molecule has 0 saturated heterocycles. The largest absolute Gasteiger partial charge is 0.305 e. The minimum Gasteiger partial charge on any atom is -0.305 e. The topological polar surface area (TPSA) is 47.7 Å². The number of nitrogens with zero attached hydrogens (tertiary/aromatic N) is 4. The van der Waals surface area contributed by atoms with Crippen LogP contribution in [0.15, 0.2) is 24.5 Å². The Morgan fingerprint density at radius 1 is 1.20 bits per heavy atom. The predicted octanol–water partition coefficient (Wildman–Crippen LogP) is 2.92. The fourth-order valence-electron chi connectivity index (χ4n) is 2.13. The third-order valence-electron chi connectivity index (χ3n) is 3.57. The number of hydrogen-bond donors (Lipinski definition) is 1. The third-order valence-corrected chi connectivity index (χ3v) is 3.57. The van der Waals surface area contributed by atoms with Crippen molar-refractivity contribution in [1.82, 2.24) is 24.9 Å². The molecule has 2 aromatic heterocycles. The molecule has 0 fully saturated rings. The molecule has 0 aliphatic carbocycles. The van der Waals surface area contributed by atoms with Crippen LogP contribution in [0.2, 0.25) is 0 Å². The van der Waals surface area contributed by atoms with Gasteiger partial charge in [0.25, 0.3) is 0 Å². The van der Waals surface area contributed by atoms with Crippen molar-refractivity contribution in [3.05, 3.63) is 35.9 Å². The van der Waals surface area contributed by atoms with Crippen LogP contribution in [-0.4, -0.2) is 19.6 Å². The molecule has 1 unspecified atom stereocenters. The van der Waals surface area contributed by atoms with Crippen LogP contribution in [0.25, 0.3) is 0 Å². The van der Waals surface area contributed by atoms with Crippen molar-refractivity contribution >= 4 is 0 Å². The second kappa shape index (κ2) is 6.70. The van der Waals surface area contributed by atoms with Gasteiger partial charge >= 0.3 is 0 Å². The molecule has 110 valence electrons. The zero-order valence-electron chi connectivity index (χ0n) is 12.9. The van der Waals surface area contributed by atoms with Crippen LogP contribution in [0.3, 0.4) is 0 Å². The minimum absolute atomic E-state index is 0.413. The smallest absolute Gasteiger partial charge is 0.0762 e. The number of rotatable bonds is 7. The first-order chi connectivity index (χ1) is 9.61. The molecule has 0 bridgehead atoms. The van der Waals surface area contributed by atoms with Crippen molar-refractivity contribution in [2.24, 2.45) is 0 Å². The molecular weight excluding hydrogens is 250 g/mol. The standard InChI is InChI=1S/C15H25N5/c1-5-13(4)20-15(6-8-17-20)11-16-10-14-7-9-19(18-14)12(2)3/h6-9,12-13,16H,5,10-11H2,1-4H3. The van der Waals surface area contributed by atoms with E-state index in [9.17, 15) is 0 Å². The Labute approximate surface area is 121 Å². The van der Waals surface area contributed by atoms with Gasteiger partial charge in [-0.15, -0.1) is 0 Å². The molecule has 20 heavy (non-hydrogen) atoms. The summed E-state index contributed by atoms with van der Waals surface area (Å²) in [5.74, 6) is 0. The number of nitrogens with one attached hydrogen (secondary N) is 1. The third kappa shape index (κ3) is 3.48. The first-order valence-corrected chi connectivity index (χ1v) is 7.39. The van der Waals surface area contributed by atoms with Gasteiger partial charge in [-0.05, 0) is 39.3 Å². The molecular formula is C15H25N5. The van der Waals surface area contributed by atoms with Gasteiger partial charge in [0.15, 0.2) is 0 Å². The lowest BCUT2D eigenvalue weighted by Gasteiger charge is -2.13. The second-order valence-corrected chi connectivity index (χ2v) is 5.51. The van der Waals surface area contributed by atoms with Crippen molar-refractivity contribution in [3.8, 4) is 0 Å². The molecule has 0 aromatic carbocycles. The van der Waals surface area contributed by atoms with Gasteiger partial charge in [-0.2, -0.15) is 10.2 Å². The Kier molecular flexibility index (Phi) is 4.95. The van der Waals surface area contributed by atoms with Crippen LogP contribution < -0.4 is 5.32 Å². The first-order valence-electron chi connectivity index (χ1n) is 7.39. The van der Waals surface area contributed by atoms with E-state index in [4.69, 9.17) is 0 Å². The average molecular weight is 275 g/mol. The summed E-state index contributed by atoms with van der Waals surface area (Å²) in [6.45, 7) is 10.2.